The van der Waals surface area contributed by atoms with Crippen molar-refractivity contribution in [2.75, 3.05) is 48.8 Å². The predicted molar refractivity (Wildman–Crippen MR) is 141 cm³/mol. The number of nitrogens with two attached hydrogens (primary N) is 1. The number of hydrogen-bond donors (Lipinski definition) is 1. The maximum absolute atomic E-state index is 13.7. The molecule has 1 aliphatic rings. The summed E-state index contributed by atoms with van der Waals surface area (Å²) in [5, 5.41) is 0. The molecule has 37 heavy (non-hydrogen) atoms. The molecule has 0 atom stereocenters. The first-order valence-corrected chi connectivity index (χ1v) is 13.8. The highest BCUT2D eigenvalue weighted by atomic mass is 32.2. The van der Waals surface area contributed by atoms with Crippen LogP contribution >= 0.6 is 0 Å². The van der Waals surface area contributed by atoms with E-state index in [1.54, 1.807) is 47.4 Å². The fraction of sp³-hybridized carbons (Fsp3) is 0.259. The molecule has 0 aromatic heterocycles. The Balaban J connectivity index is 1.51. The summed E-state index contributed by atoms with van der Waals surface area (Å²) in [6.07, 6.45) is 1.04. The van der Waals surface area contributed by atoms with Crippen molar-refractivity contribution < 1.29 is 22.4 Å². The minimum Gasteiger partial charge on any atom is -0.367 e. The van der Waals surface area contributed by atoms with E-state index >= 15 is 0 Å². The first-order valence-electron chi connectivity index (χ1n) is 11.9. The van der Waals surface area contributed by atoms with Gasteiger partial charge in [0.25, 0.3) is 5.91 Å². The predicted octanol–water partition coefficient (Wildman–Crippen LogP) is 2.68. The van der Waals surface area contributed by atoms with Crippen LogP contribution in [0.5, 0.6) is 0 Å². The molecule has 10 heteroatoms. The topological polar surface area (TPSA) is 104 Å². The van der Waals surface area contributed by atoms with Crippen LogP contribution in [0.1, 0.15) is 15.9 Å². The highest BCUT2D eigenvalue weighted by Crippen LogP contribution is 2.27. The number of carbonyl (C=O) groups excluding carboxylic acids is 2. The van der Waals surface area contributed by atoms with E-state index in [0.29, 0.717) is 48.7 Å². The number of anilines is 2. The van der Waals surface area contributed by atoms with Gasteiger partial charge in [-0.2, -0.15) is 0 Å². The summed E-state index contributed by atoms with van der Waals surface area (Å²) in [5.41, 5.74) is 7.98. The molecule has 3 aromatic carbocycles. The van der Waals surface area contributed by atoms with Gasteiger partial charge in [0.1, 0.15) is 12.4 Å². The highest BCUT2D eigenvalue weighted by molar-refractivity contribution is 7.90. The van der Waals surface area contributed by atoms with Crippen molar-refractivity contribution in [2.45, 2.75) is 11.4 Å². The lowest BCUT2D eigenvalue weighted by atomic mass is 10.1. The van der Waals surface area contributed by atoms with Crippen molar-refractivity contribution in [1.29, 1.82) is 0 Å². The molecule has 1 aliphatic heterocycles. The Hall–Kier alpha value is -3.76. The van der Waals surface area contributed by atoms with Crippen molar-refractivity contribution in [3.63, 3.8) is 0 Å². The Morgan fingerprint density at radius 3 is 2.24 bits per heavy atom. The quantitative estimate of drug-likeness (QED) is 0.510. The first-order chi connectivity index (χ1) is 17.7. The standard InChI is InChI=1S/C27H29FN4O4S/c1-37(35,36)25-17-21(28)11-12-24(25)30-13-15-31(16-14-30)26(33)19-32(22-8-3-2-4-9-22)27(34)23-10-6-5-7-20(23)18-29/h2-12,17H,13-16,18-19,29H2,1H3. The molecule has 0 spiro atoms. The molecule has 0 aliphatic carbocycles. The van der Waals surface area contributed by atoms with Crippen molar-refractivity contribution in [2.24, 2.45) is 5.73 Å². The van der Waals surface area contributed by atoms with Gasteiger partial charge in [0.15, 0.2) is 9.84 Å². The molecular formula is C27H29FN4O4S. The van der Waals surface area contributed by atoms with E-state index in [2.05, 4.69) is 0 Å². The zero-order valence-corrected chi connectivity index (χ0v) is 21.3. The molecule has 0 saturated carbocycles. The molecule has 1 heterocycles. The zero-order valence-electron chi connectivity index (χ0n) is 20.5. The Morgan fingerprint density at radius 1 is 0.946 bits per heavy atom. The van der Waals surface area contributed by atoms with E-state index in [1.807, 2.05) is 17.0 Å². The van der Waals surface area contributed by atoms with E-state index in [-0.39, 0.29) is 29.8 Å². The van der Waals surface area contributed by atoms with Crippen LogP contribution in [-0.2, 0) is 21.2 Å². The van der Waals surface area contributed by atoms with Gasteiger partial charge in [-0.15, -0.1) is 0 Å². The molecule has 0 unspecified atom stereocenters. The smallest absolute Gasteiger partial charge is 0.259 e. The summed E-state index contributed by atoms with van der Waals surface area (Å²) in [5.74, 6) is -1.17. The number of rotatable bonds is 7. The molecular weight excluding hydrogens is 495 g/mol. The second-order valence-electron chi connectivity index (χ2n) is 8.84. The minimum atomic E-state index is -3.64. The fourth-order valence-electron chi connectivity index (χ4n) is 4.42. The summed E-state index contributed by atoms with van der Waals surface area (Å²) >= 11 is 0. The number of piperazine rings is 1. The monoisotopic (exact) mass is 524 g/mol. The number of benzene rings is 3. The van der Waals surface area contributed by atoms with Crippen LogP contribution in [-0.4, -0.2) is 64.1 Å². The lowest BCUT2D eigenvalue weighted by Crippen LogP contribution is -2.52. The Bertz CT molecular complexity index is 1390. The lowest BCUT2D eigenvalue weighted by Gasteiger charge is -2.37. The largest absolute Gasteiger partial charge is 0.367 e. The molecule has 194 valence electrons. The van der Waals surface area contributed by atoms with Gasteiger partial charge in [0, 0.05) is 50.2 Å². The van der Waals surface area contributed by atoms with Gasteiger partial charge in [-0.3, -0.25) is 14.5 Å². The number of sulfone groups is 1. The van der Waals surface area contributed by atoms with Gasteiger partial charge in [0.2, 0.25) is 5.91 Å². The summed E-state index contributed by atoms with van der Waals surface area (Å²) in [7, 11) is -3.64. The van der Waals surface area contributed by atoms with Crippen molar-refractivity contribution in [3.05, 3.63) is 89.7 Å². The lowest BCUT2D eigenvalue weighted by molar-refractivity contribution is -0.129. The molecule has 1 fully saturated rings. The summed E-state index contributed by atoms with van der Waals surface area (Å²) in [4.78, 5) is 31.7. The Labute approximate surface area is 216 Å². The van der Waals surface area contributed by atoms with E-state index < -0.39 is 15.7 Å². The number of halogens is 1. The molecule has 4 rings (SSSR count). The summed E-state index contributed by atoms with van der Waals surface area (Å²) in [6, 6.07) is 19.7. The van der Waals surface area contributed by atoms with Crippen LogP contribution in [0.4, 0.5) is 15.8 Å². The number of hydrogen-bond acceptors (Lipinski definition) is 6. The second-order valence-corrected chi connectivity index (χ2v) is 10.8. The molecule has 1 saturated heterocycles. The second kappa shape index (κ2) is 11.1. The maximum atomic E-state index is 13.7. The number of amides is 2. The van der Waals surface area contributed by atoms with Crippen LogP contribution in [0, 0.1) is 5.82 Å². The molecule has 0 bridgehead atoms. The Morgan fingerprint density at radius 2 is 1.59 bits per heavy atom. The highest BCUT2D eigenvalue weighted by Gasteiger charge is 2.28. The molecule has 3 aromatic rings. The summed E-state index contributed by atoms with van der Waals surface area (Å²) < 4.78 is 38.1. The average molecular weight is 525 g/mol. The average Bonchev–Trinajstić information content (AvgIpc) is 2.91. The molecule has 0 radical (unpaired) electrons. The zero-order chi connectivity index (χ0) is 26.6. The van der Waals surface area contributed by atoms with Gasteiger partial charge in [0.05, 0.1) is 10.6 Å². The summed E-state index contributed by atoms with van der Waals surface area (Å²) in [6.45, 7) is 1.43. The van der Waals surface area contributed by atoms with E-state index in [1.165, 1.54) is 17.0 Å². The first kappa shape index (κ1) is 26.3. The van der Waals surface area contributed by atoms with Crippen molar-refractivity contribution in [1.82, 2.24) is 4.90 Å². The molecule has 2 N–H and O–H groups in total. The van der Waals surface area contributed by atoms with Gasteiger partial charge in [-0.25, -0.2) is 12.8 Å². The van der Waals surface area contributed by atoms with E-state index in [0.717, 1.165) is 12.3 Å². The molecule has 2 amide bonds. The van der Waals surface area contributed by atoms with E-state index in [4.69, 9.17) is 5.73 Å². The van der Waals surface area contributed by atoms with Crippen LogP contribution < -0.4 is 15.5 Å². The molecule has 8 nitrogen and oxygen atoms in total. The van der Waals surface area contributed by atoms with Crippen molar-refractivity contribution in [3.8, 4) is 0 Å². The van der Waals surface area contributed by atoms with Crippen LogP contribution in [0.15, 0.2) is 77.7 Å². The van der Waals surface area contributed by atoms with Gasteiger partial charge in [-0.1, -0.05) is 36.4 Å². The van der Waals surface area contributed by atoms with Crippen molar-refractivity contribution >= 4 is 33.0 Å². The normalized spacial score (nSPS) is 13.9. The number of para-hydroxylation sites is 1. The Kier molecular flexibility index (Phi) is 7.89. The third-order valence-electron chi connectivity index (χ3n) is 6.37. The van der Waals surface area contributed by atoms with Gasteiger partial charge in [-0.05, 0) is 42.0 Å². The van der Waals surface area contributed by atoms with Crippen LogP contribution in [0.2, 0.25) is 0 Å². The third-order valence-corrected chi connectivity index (χ3v) is 7.49. The SMILES string of the molecule is CS(=O)(=O)c1cc(F)ccc1N1CCN(C(=O)CN(C(=O)c2ccccc2CN)c2ccccc2)CC1. The van der Waals surface area contributed by atoms with Gasteiger partial charge >= 0.3 is 0 Å². The fourth-order valence-corrected chi connectivity index (χ4v) is 5.32. The number of carbonyl (C=O) groups is 2. The maximum Gasteiger partial charge on any atom is 0.259 e. The van der Waals surface area contributed by atoms with Crippen LogP contribution in [0.25, 0.3) is 0 Å². The van der Waals surface area contributed by atoms with Crippen LogP contribution in [0.3, 0.4) is 0 Å². The third kappa shape index (κ3) is 5.98. The number of nitrogens with zero attached hydrogens (tertiary/aromatic N) is 3. The van der Waals surface area contributed by atoms with Gasteiger partial charge < -0.3 is 15.5 Å². The minimum absolute atomic E-state index is 0.0771. The van der Waals surface area contributed by atoms with E-state index in [9.17, 15) is 22.4 Å².